The number of esters is 5. The molecule has 0 aliphatic carbocycles. The van der Waals surface area contributed by atoms with Crippen molar-refractivity contribution in [2.24, 2.45) is 0 Å². The molecule has 0 saturated carbocycles. The lowest BCUT2D eigenvalue weighted by molar-refractivity contribution is -0.389. The molecule has 51 heavy (non-hydrogen) atoms. The maximum absolute atomic E-state index is 13.5. The van der Waals surface area contributed by atoms with Crippen molar-refractivity contribution < 1.29 is 76.1 Å². The molecule has 0 N–H and O–H groups in total. The fourth-order valence-corrected chi connectivity index (χ4v) is 6.02. The Morgan fingerprint density at radius 2 is 1.24 bits per heavy atom. The van der Waals surface area contributed by atoms with E-state index in [-0.39, 0.29) is 12.2 Å². The molecule has 5 rings (SSSR count). The average Bonchev–Trinajstić information content (AvgIpc) is 3.10. The fourth-order valence-electron chi connectivity index (χ4n) is 6.02. The summed E-state index contributed by atoms with van der Waals surface area (Å²) in [7, 11) is 1.34. The van der Waals surface area contributed by atoms with Gasteiger partial charge < -0.3 is 52.1 Å². The molecular weight excluding hydrogens is 676 g/mol. The minimum atomic E-state index is -1.63. The van der Waals surface area contributed by atoms with E-state index in [1.807, 2.05) is 18.2 Å². The Balaban J connectivity index is 1.57. The highest BCUT2D eigenvalue weighted by atomic mass is 16.8. The fraction of sp³-hybridized carbons (Fsp3) is 0.514. The lowest BCUT2D eigenvalue weighted by atomic mass is 9.95. The van der Waals surface area contributed by atoms with Crippen molar-refractivity contribution in [1.29, 1.82) is 0 Å². The number of carbonyl (C=O) groups excluding carboxylic acids is 5. The molecule has 0 unspecified atom stereocenters. The minimum Gasteiger partial charge on any atom is -0.463 e. The van der Waals surface area contributed by atoms with Gasteiger partial charge in [-0.2, -0.15) is 0 Å². The van der Waals surface area contributed by atoms with E-state index in [1.54, 1.807) is 42.5 Å². The number of hydrogen-bond acceptors (Lipinski definition) is 16. The lowest BCUT2D eigenvalue weighted by Crippen LogP contribution is -2.68. The third kappa shape index (κ3) is 9.46. The molecule has 3 heterocycles. The van der Waals surface area contributed by atoms with Crippen molar-refractivity contribution in [3.8, 4) is 0 Å². The second-order valence-electron chi connectivity index (χ2n) is 11.9. The van der Waals surface area contributed by atoms with Crippen LogP contribution < -0.4 is 0 Å². The minimum absolute atomic E-state index is 0.00186. The van der Waals surface area contributed by atoms with Crippen LogP contribution in [-0.4, -0.2) is 112 Å². The number of hydrogen-bond donors (Lipinski definition) is 0. The highest BCUT2D eigenvalue weighted by Gasteiger charge is 2.58. The largest absolute Gasteiger partial charge is 0.463 e. The molecule has 16 heteroatoms. The van der Waals surface area contributed by atoms with Crippen LogP contribution in [0.5, 0.6) is 0 Å². The van der Waals surface area contributed by atoms with Gasteiger partial charge >= 0.3 is 29.8 Å². The summed E-state index contributed by atoms with van der Waals surface area (Å²) in [5.74, 6) is -3.87. The molecule has 2 aromatic carbocycles. The van der Waals surface area contributed by atoms with E-state index in [0.717, 1.165) is 27.7 Å². The Bertz CT molecular complexity index is 1520. The van der Waals surface area contributed by atoms with E-state index in [2.05, 4.69) is 0 Å². The average molecular weight is 717 g/mol. The Labute approximate surface area is 293 Å². The summed E-state index contributed by atoms with van der Waals surface area (Å²) in [6, 6.07) is 17.2. The molecule has 16 nitrogen and oxygen atoms in total. The molecule has 0 aromatic heterocycles. The van der Waals surface area contributed by atoms with Crippen molar-refractivity contribution in [3.05, 3.63) is 71.8 Å². The van der Waals surface area contributed by atoms with Crippen LogP contribution in [0.15, 0.2) is 60.7 Å². The number of ether oxygens (including phenoxy) is 11. The normalized spacial score (nSPS) is 31.7. The summed E-state index contributed by atoms with van der Waals surface area (Å²) < 4.78 is 64.9. The quantitative estimate of drug-likeness (QED) is 0.243. The molecule has 276 valence electrons. The van der Waals surface area contributed by atoms with Crippen LogP contribution in [0.4, 0.5) is 0 Å². The molecule has 3 aliphatic heterocycles. The Hall–Kier alpha value is -4.45. The van der Waals surface area contributed by atoms with E-state index in [9.17, 15) is 24.0 Å². The van der Waals surface area contributed by atoms with Crippen LogP contribution in [0.25, 0.3) is 0 Å². The molecular formula is C35H40O16. The molecule has 3 saturated heterocycles. The van der Waals surface area contributed by atoms with E-state index in [1.165, 1.54) is 7.11 Å². The van der Waals surface area contributed by atoms with Gasteiger partial charge in [-0.25, -0.2) is 4.79 Å². The van der Waals surface area contributed by atoms with E-state index < -0.39 is 104 Å². The van der Waals surface area contributed by atoms with E-state index >= 15 is 0 Å². The summed E-state index contributed by atoms with van der Waals surface area (Å²) in [4.78, 5) is 62.4. The second-order valence-corrected chi connectivity index (χ2v) is 11.9. The SMILES string of the molecule is CO[C@H]1O[C@@H]2CO[C@H](c3ccccc3)O[C@H]2[C@H](O[C@@H]2O[C@H](COC(C)=O)[C@@H](OC(C)=O)[C@H](OC(C)=O)[C@H]2OC(C)=O)[C@H]1OC(=O)c1ccccc1. The summed E-state index contributed by atoms with van der Waals surface area (Å²) in [5.41, 5.74) is 0.893. The van der Waals surface area contributed by atoms with Gasteiger partial charge in [0.25, 0.3) is 0 Å². The van der Waals surface area contributed by atoms with E-state index in [0.29, 0.717) is 5.56 Å². The molecule has 3 fully saturated rings. The molecule has 0 spiro atoms. The third-order valence-corrected chi connectivity index (χ3v) is 8.08. The van der Waals surface area contributed by atoms with Crippen molar-refractivity contribution in [1.82, 2.24) is 0 Å². The topological polar surface area (TPSA) is 187 Å². The number of rotatable bonds is 11. The first-order valence-electron chi connectivity index (χ1n) is 16.2. The maximum atomic E-state index is 13.5. The molecule has 11 atom stereocenters. The summed E-state index contributed by atoms with van der Waals surface area (Å²) in [6.45, 7) is 4.00. The first-order chi connectivity index (χ1) is 24.4. The predicted molar refractivity (Wildman–Crippen MR) is 168 cm³/mol. The standard InChI is InChI=1S/C35H40O16/c1-18(36)42-16-24-26(44-19(2)37)28(45-20(3)38)31(46-21(4)39)35(48-24)51-29-27-25(17-43-33(50-27)23-14-10-7-11-15-23)47-34(41-5)30(29)49-32(40)22-12-8-6-9-13-22/h6-15,24-31,33-35H,16-17H2,1-5H3/t24-,25-,26-,27-,28+,29+,30-,31-,33+,34+,35+/m1/s1. The van der Waals surface area contributed by atoms with Crippen LogP contribution in [0.1, 0.15) is 49.9 Å². The Morgan fingerprint density at radius 1 is 0.647 bits per heavy atom. The van der Waals surface area contributed by atoms with Crippen LogP contribution in [0.2, 0.25) is 0 Å². The van der Waals surface area contributed by atoms with Gasteiger partial charge in [-0.05, 0) is 12.1 Å². The first-order valence-corrected chi connectivity index (χ1v) is 16.2. The van der Waals surface area contributed by atoms with Crippen molar-refractivity contribution in [2.75, 3.05) is 20.3 Å². The van der Waals surface area contributed by atoms with Gasteiger partial charge in [-0.15, -0.1) is 0 Å². The molecule has 2 aromatic rings. The zero-order chi connectivity index (χ0) is 36.7. The third-order valence-electron chi connectivity index (χ3n) is 8.08. The first kappa shape index (κ1) is 37.8. The maximum Gasteiger partial charge on any atom is 0.338 e. The Kier molecular flexibility index (Phi) is 12.7. The van der Waals surface area contributed by atoms with Gasteiger partial charge in [0.2, 0.25) is 0 Å². The number of methoxy groups -OCH3 is 1. The Morgan fingerprint density at radius 3 is 1.84 bits per heavy atom. The van der Waals surface area contributed by atoms with Gasteiger partial charge in [-0.1, -0.05) is 48.5 Å². The molecule has 0 radical (unpaired) electrons. The van der Waals surface area contributed by atoms with Crippen LogP contribution in [0.3, 0.4) is 0 Å². The smallest absolute Gasteiger partial charge is 0.338 e. The zero-order valence-corrected chi connectivity index (χ0v) is 28.6. The highest BCUT2D eigenvalue weighted by molar-refractivity contribution is 5.89. The van der Waals surface area contributed by atoms with Gasteiger partial charge in [-0.3, -0.25) is 19.2 Å². The lowest BCUT2D eigenvalue weighted by Gasteiger charge is -2.50. The number of benzene rings is 2. The second kappa shape index (κ2) is 17.2. The van der Waals surface area contributed by atoms with Crippen molar-refractivity contribution >= 4 is 29.8 Å². The van der Waals surface area contributed by atoms with Gasteiger partial charge in [0.15, 0.2) is 43.3 Å². The molecule has 0 amide bonds. The molecule has 0 bridgehead atoms. The monoisotopic (exact) mass is 716 g/mol. The van der Waals surface area contributed by atoms with Crippen molar-refractivity contribution in [2.45, 2.75) is 95.4 Å². The van der Waals surface area contributed by atoms with E-state index in [4.69, 9.17) is 52.1 Å². The molecule has 3 aliphatic rings. The number of carbonyl (C=O) groups is 5. The van der Waals surface area contributed by atoms with Crippen LogP contribution >= 0.6 is 0 Å². The highest BCUT2D eigenvalue weighted by Crippen LogP contribution is 2.39. The van der Waals surface area contributed by atoms with Crippen molar-refractivity contribution in [3.63, 3.8) is 0 Å². The van der Waals surface area contributed by atoms with Crippen LogP contribution in [0, 0.1) is 0 Å². The van der Waals surface area contributed by atoms with Crippen LogP contribution in [-0.2, 0) is 71.3 Å². The summed E-state index contributed by atoms with van der Waals surface area (Å²) >= 11 is 0. The van der Waals surface area contributed by atoms with Gasteiger partial charge in [0, 0.05) is 40.4 Å². The van der Waals surface area contributed by atoms with Gasteiger partial charge in [0.05, 0.1) is 12.2 Å². The summed E-state index contributed by atoms with van der Waals surface area (Å²) in [6.07, 6.45) is -14.1. The van der Waals surface area contributed by atoms with Gasteiger partial charge in [0.1, 0.15) is 31.0 Å². The summed E-state index contributed by atoms with van der Waals surface area (Å²) in [5, 5.41) is 0. The predicted octanol–water partition coefficient (Wildman–Crippen LogP) is 2.17. The number of fused-ring (bicyclic) bond motifs is 1. The zero-order valence-electron chi connectivity index (χ0n) is 28.6.